The van der Waals surface area contributed by atoms with Gasteiger partial charge in [-0.15, -0.1) is 5.10 Å². The van der Waals surface area contributed by atoms with Gasteiger partial charge in [-0.25, -0.2) is 12.9 Å². The smallest absolute Gasteiger partial charge is 0.249 e. The molecule has 0 aliphatic rings. The lowest BCUT2D eigenvalue weighted by Gasteiger charge is -2.04. The van der Waals surface area contributed by atoms with Crippen molar-refractivity contribution in [3.63, 3.8) is 0 Å². The molecule has 0 saturated heterocycles. The number of hydrogen-bond donors (Lipinski definition) is 1. The molecule has 4 rings (SSSR count). The van der Waals surface area contributed by atoms with Crippen LogP contribution in [-0.2, 0) is 14.6 Å². The number of benzene rings is 2. The fraction of sp³-hybridized carbons (Fsp3) is 0.105. The van der Waals surface area contributed by atoms with Gasteiger partial charge in [-0.05, 0) is 34.5 Å². The molecule has 0 unspecified atom stereocenters. The molecule has 1 N–H and O–H groups in total. The maximum atomic E-state index is 11.7. The second-order valence-corrected chi connectivity index (χ2v) is 8.48. The Kier molecular flexibility index (Phi) is 4.12. The van der Waals surface area contributed by atoms with Crippen LogP contribution in [0, 0.1) is 0 Å². The molecular formula is C19H16N4O3S. The Morgan fingerprint density at radius 1 is 1.04 bits per heavy atom. The van der Waals surface area contributed by atoms with E-state index in [4.69, 9.17) is 0 Å². The fourth-order valence-electron chi connectivity index (χ4n) is 2.87. The minimum absolute atomic E-state index is 0.0688. The summed E-state index contributed by atoms with van der Waals surface area (Å²) in [5.74, 6) is -1.20. The Hall–Kier alpha value is -3.26. The quantitative estimate of drug-likeness (QED) is 0.587. The molecule has 2 aromatic heterocycles. The van der Waals surface area contributed by atoms with Crippen molar-refractivity contribution in [2.24, 2.45) is 0 Å². The highest BCUT2D eigenvalue weighted by atomic mass is 32.2. The third kappa shape index (κ3) is 3.80. The van der Waals surface area contributed by atoms with E-state index in [9.17, 15) is 13.2 Å². The maximum Gasteiger partial charge on any atom is 0.249 e. The molecule has 1 amide bonds. The number of pyridine rings is 1. The van der Waals surface area contributed by atoms with Crippen molar-refractivity contribution >= 4 is 38.1 Å². The van der Waals surface area contributed by atoms with E-state index in [0.717, 1.165) is 22.8 Å². The fourth-order valence-corrected chi connectivity index (χ4v) is 3.42. The molecule has 0 aliphatic heterocycles. The molecule has 0 atom stereocenters. The number of carbonyl (C=O) groups excluding carboxylic acids is 1. The summed E-state index contributed by atoms with van der Waals surface area (Å²) in [5, 5.41) is 8.93. The first-order chi connectivity index (χ1) is 12.9. The minimum atomic E-state index is -3.41. The lowest BCUT2D eigenvalue weighted by Crippen LogP contribution is -2.22. The lowest BCUT2D eigenvalue weighted by atomic mass is 10.0. The van der Waals surface area contributed by atoms with Gasteiger partial charge in [0.1, 0.15) is 5.75 Å². The first-order valence-corrected chi connectivity index (χ1v) is 10.3. The van der Waals surface area contributed by atoms with E-state index in [1.165, 1.54) is 5.39 Å². The standard InChI is InChI=1S/C19H16N4O3S/c1-27(25,26)12-18(24)21-19-20-17-9-8-16(11-23(17)22-19)15-7-6-13-4-2-3-5-14(13)10-15/h2-11H,12H2,1H3,(H,21,22,24). The minimum Gasteiger partial charge on any atom is -0.292 e. The summed E-state index contributed by atoms with van der Waals surface area (Å²) < 4.78 is 23.9. The van der Waals surface area contributed by atoms with Crippen molar-refractivity contribution in [3.8, 4) is 11.1 Å². The van der Waals surface area contributed by atoms with Gasteiger partial charge < -0.3 is 0 Å². The molecule has 4 aromatic rings. The Bertz CT molecular complexity index is 1280. The van der Waals surface area contributed by atoms with Crippen LogP contribution in [0.2, 0.25) is 0 Å². The van der Waals surface area contributed by atoms with Gasteiger partial charge in [-0.3, -0.25) is 10.1 Å². The molecule has 27 heavy (non-hydrogen) atoms. The highest BCUT2D eigenvalue weighted by Crippen LogP contribution is 2.24. The zero-order chi connectivity index (χ0) is 19.0. The molecule has 0 aliphatic carbocycles. The Labute approximate surface area is 155 Å². The molecule has 0 saturated carbocycles. The van der Waals surface area contributed by atoms with Crippen molar-refractivity contribution in [2.75, 3.05) is 17.3 Å². The van der Waals surface area contributed by atoms with E-state index < -0.39 is 21.5 Å². The Morgan fingerprint density at radius 2 is 1.78 bits per heavy atom. The molecule has 0 fully saturated rings. The van der Waals surface area contributed by atoms with Crippen LogP contribution in [0.4, 0.5) is 5.95 Å². The van der Waals surface area contributed by atoms with Crippen LogP contribution in [-0.4, -0.2) is 40.9 Å². The number of rotatable bonds is 4. The zero-order valence-electron chi connectivity index (χ0n) is 14.5. The van der Waals surface area contributed by atoms with E-state index in [0.29, 0.717) is 5.65 Å². The highest BCUT2D eigenvalue weighted by Gasteiger charge is 2.14. The van der Waals surface area contributed by atoms with Gasteiger partial charge in [-0.2, -0.15) is 4.98 Å². The van der Waals surface area contributed by atoms with Crippen LogP contribution >= 0.6 is 0 Å². The van der Waals surface area contributed by atoms with Gasteiger partial charge >= 0.3 is 0 Å². The van der Waals surface area contributed by atoms with Crippen molar-refractivity contribution in [1.29, 1.82) is 0 Å². The molecule has 7 nitrogen and oxygen atoms in total. The summed E-state index contributed by atoms with van der Waals surface area (Å²) in [5.41, 5.74) is 2.54. The van der Waals surface area contributed by atoms with Crippen molar-refractivity contribution in [2.45, 2.75) is 0 Å². The Balaban J connectivity index is 1.64. The first kappa shape index (κ1) is 17.2. The SMILES string of the molecule is CS(=O)(=O)CC(=O)Nc1nc2ccc(-c3ccc4ccccc4c3)cn2n1. The number of aromatic nitrogens is 3. The van der Waals surface area contributed by atoms with Gasteiger partial charge in [-0.1, -0.05) is 36.4 Å². The lowest BCUT2D eigenvalue weighted by molar-refractivity contribution is -0.113. The van der Waals surface area contributed by atoms with Gasteiger partial charge in [0.15, 0.2) is 15.5 Å². The van der Waals surface area contributed by atoms with E-state index in [1.54, 1.807) is 10.6 Å². The number of nitrogens with zero attached hydrogens (tertiary/aromatic N) is 3. The van der Waals surface area contributed by atoms with Crippen LogP contribution in [0.5, 0.6) is 0 Å². The van der Waals surface area contributed by atoms with Gasteiger partial charge in [0.05, 0.1) is 0 Å². The predicted octanol–water partition coefficient (Wildman–Crippen LogP) is 2.53. The van der Waals surface area contributed by atoms with E-state index in [2.05, 4.69) is 39.7 Å². The van der Waals surface area contributed by atoms with E-state index in [1.807, 2.05) is 30.5 Å². The van der Waals surface area contributed by atoms with Gasteiger partial charge in [0.25, 0.3) is 0 Å². The summed E-state index contributed by atoms with van der Waals surface area (Å²) in [4.78, 5) is 15.9. The number of fused-ring (bicyclic) bond motifs is 2. The third-order valence-electron chi connectivity index (χ3n) is 4.06. The van der Waals surface area contributed by atoms with Crippen LogP contribution in [0.1, 0.15) is 0 Å². The molecule has 2 aromatic carbocycles. The summed E-state index contributed by atoms with van der Waals surface area (Å²) in [6.07, 6.45) is 2.82. The average Bonchev–Trinajstić information content (AvgIpc) is 3.00. The third-order valence-corrected chi connectivity index (χ3v) is 4.84. The number of carbonyl (C=O) groups is 1. The summed E-state index contributed by atoms with van der Waals surface area (Å²) in [6, 6.07) is 18.0. The number of sulfone groups is 1. The van der Waals surface area contributed by atoms with Crippen LogP contribution in [0.25, 0.3) is 27.5 Å². The average molecular weight is 380 g/mol. The number of nitrogens with one attached hydrogen (secondary N) is 1. The van der Waals surface area contributed by atoms with Crippen molar-refractivity contribution in [3.05, 3.63) is 60.8 Å². The monoisotopic (exact) mass is 380 g/mol. The zero-order valence-corrected chi connectivity index (χ0v) is 15.3. The van der Waals surface area contributed by atoms with Crippen molar-refractivity contribution < 1.29 is 13.2 Å². The van der Waals surface area contributed by atoms with Gasteiger partial charge in [0.2, 0.25) is 11.9 Å². The van der Waals surface area contributed by atoms with Crippen LogP contribution in [0.15, 0.2) is 60.8 Å². The second kappa shape index (κ2) is 6.48. The number of hydrogen-bond acceptors (Lipinski definition) is 5. The molecule has 8 heteroatoms. The van der Waals surface area contributed by atoms with Crippen molar-refractivity contribution in [1.82, 2.24) is 14.6 Å². The summed E-state index contributed by atoms with van der Waals surface area (Å²) >= 11 is 0. The molecule has 2 heterocycles. The van der Waals surface area contributed by atoms with Crippen LogP contribution < -0.4 is 5.32 Å². The molecule has 136 valence electrons. The molecule has 0 spiro atoms. The molecule has 0 bridgehead atoms. The van der Waals surface area contributed by atoms with Gasteiger partial charge in [0, 0.05) is 18.0 Å². The van der Waals surface area contributed by atoms with E-state index >= 15 is 0 Å². The maximum absolute atomic E-state index is 11.7. The Morgan fingerprint density at radius 3 is 2.56 bits per heavy atom. The number of amides is 1. The first-order valence-electron chi connectivity index (χ1n) is 8.21. The van der Waals surface area contributed by atoms with Crippen LogP contribution in [0.3, 0.4) is 0 Å². The summed E-state index contributed by atoms with van der Waals surface area (Å²) in [7, 11) is -3.41. The number of anilines is 1. The molecular weight excluding hydrogens is 364 g/mol. The normalized spacial score (nSPS) is 11.7. The predicted molar refractivity (Wildman–Crippen MR) is 104 cm³/mol. The van der Waals surface area contributed by atoms with E-state index in [-0.39, 0.29) is 5.95 Å². The largest absolute Gasteiger partial charge is 0.292 e. The molecule has 0 radical (unpaired) electrons. The topological polar surface area (TPSA) is 93.4 Å². The summed E-state index contributed by atoms with van der Waals surface area (Å²) in [6.45, 7) is 0. The second-order valence-electron chi connectivity index (χ2n) is 6.34. The highest BCUT2D eigenvalue weighted by molar-refractivity contribution is 7.91.